The van der Waals surface area contributed by atoms with Crippen molar-refractivity contribution in [2.75, 3.05) is 5.32 Å². The van der Waals surface area contributed by atoms with Crippen LogP contribution in [0.1, 0.15) is 25.6 Å². The van der Waals surface area contributed by atoms with Gasteiger partial charge in [-0.2, -0.15) is 22.5 Å². The minimum atomic E-state index is -4.45. The highest BCUT2D eigenvalue weighted by atomic mass is 32.1. The smallest absolute Gasteiger partial charge is 0.358 e. The molecule has 0 radical (unpaired) electrons. The summed E-state index contributed by atoms with van der Waals surface area (Å²) >= 11 is 0.758. The quantitative estimate of drug-likeness (QED) is 0.878. The molecule has 1 unspecified atom stereocenters. The van der Waals surface area contributed by atoms with Gasteiger partial charge in [-0.05, 0) is 25.7 Å². The Balaban J connectivity index is 2.00. The van der Waals surface area contributed by atoms with E-state index < -0.39 is 12.0 Å². The van der Waals surface area contributed by atoms with E-state index in [9.17, 15) is 13.2 Å². The molecule has 1 aliphatic carbocycles. The van der Waals surface area contributed by atoms with Gasteiger partial charge < -0.3 is 5.32 Å². The highest BCUT2D eigenvalue weighted by molar-refractivity contribution is 7.09. The van der Waals surface area contributed by atoms with Gasteiger partial charge in [0.05, 0.1) is 0 Å². The van der Waals surface area contributed by atoms with E-state index in [1.807, 2.05) is 6.92 Å². The summed E-state index contributed by atoms with van der Waals surface area (Å²) in [5.41, 5.74) is 0. The van der Waals surface area contributed by atoms with Crippen LogP contribution in [0.3, 0.4) is 0 Å². The molecule has 7 heteroatoms. The average molecular weight is 237 g/mol. The van der Waals surface area contributed by atoms with E-state index in [1.165, 1.54) is 0 Å². The average Bonchev–Trinajstić information content (AvgIpc) is 2.86. The first-order valence-electron chi connectivity index (χ1n) is 4.64. The zero-order chi connectivity index (χ0) is 11.1. The summed E-state index contributed by atoms with van der Waals surface area (Å²) in [5, 5.41) is 3.19. The molecule has 15 heavy (non-hydrogen) atoms. The second kappa shape index (κ2) is 3.62. The zero-order valence-corrected chi connectivity index (χ0v) is 8.82. The van der Waals surface area contributed by atoms with Crippen LogP contribution in [0.2, 0.25) is 0 Å². The molecule has 1 fully saturated rings. The van der Waals surface area contributed by atoms with Crippen LogP contribution >= 0.6 is 11.5 Å². The molecule has 0 aromatic carbocycles. The molecule has 0 spiro atoms. The van der Waals surface area contributed by atoms with Crippen molar-refractivity contribution < 1.29 is 13.2 Å². The molecule has 0 amide bonds. The van der Waals surface area contributed by atoms with Crippen LogP contribution in [0.15, 0.2) is 0 Å². The van der Waals surface area contributed by atoms with Crippen LogP contribution in [-0.4, -0.2) is 15.4 Å². The molecule has 0 aliphatic heterocycles. The minimum Gasteiger partial charge on any atom is -0.358 e. The van der Waals surface area contributed by atoms with Crippen LogP contribution in [0.5, 0.6) is 0 Å². The Morgan fingerprint density at radius 2 is 2.13 bits per heavy atom. The first-order chi connectivity index (χ1) is 6.97. The van der Waals surface area contributed by atoms with Gasteiger partial charge >= 0.3 is 6.18 Å². The Hall–Kier alpha value is -0.850. The molecule has 84 valence electrons. The van der Waals surface area contributed by atoms with Crippen molar-refractivity contribution in [1.82, 2.24) is 9.36 Å². The molecule has 1 aromatic heterocycles. The molecule has 1 saturated carbocycles. The fourth-order valence-corrected chi connectivity index (χ4v) is 1.99. The van der Waals surface area contributed by atoms with Crippen LogP contribution in [0.4, 0.5) is 18.3 Å². The molecule has 3 nitrogen and oxygen atoms in total. The molecular formula is C8H10F3N3S. The number of alkyl halides is 3. The maximum Gasteiger partial charge on any atom is 0.452 e. The number of hydrogen-bond acceptors (Lipinski definition) is 4. The van der Waals surface area contributed by atoms with E-state index in [1.54, 1.807) is 0 Å². The predicted molar refractivity (Wildman–Crippen MR) is 50.7 cm³/mol. The largest absolute Gasteiger partial charge is 0.452 e. The van der Waals surface area contributed by atoms with Crippen LogP contribution in [0.25, 0.3) is 0 Å². The van der Waals surface area contributed by atoms with E-state index in [4.69, 9.17) is 0 Å². The van der Waals surface area contributed by atoms with Gasteiger partial charge in [0.2, 0.25) is 11.0 Å². The summed E-state index contributed by atoms with van der Waals surface area (Å²) in [6, 6.07) is 0.180. The normalized spacial score (nSPS) is 18.9. The molecule has 0 saturated heterocycles. The summed E-state index contributed by atoms with van der Waals surface area (Å²) in [4.78, 5) is 3.40. The van der Waals surface area contributed by atoms with Crippen molar-refractivity contribution in [3.8, 4) is 0 Å². The van der Waals surface area contributed by atoms with Gasteiger partial charge in [0, 0.05) is 17.6 Å². The molecule has 0 bridgehead atoms. The molecule has 1 heterocycles. The van der Waals surface area contributed by atoms with Gasteiger partial charge in [0.1, 0.15) is 0 Å². The lowest BCUT2D eigenvalue weighted by Crippen LogP contribution is -2.17. The summed E-state index contributed by atoms with van der Waals surface area (Å²) in [6.45, 7) is 1.95. The van der Waals surface area contributed by atoms with E-state index in [0.717, 1.165) is 24.4 Å². The number of nitrogens with one attached hydrogen (secondary N) is 1. The van der Waals surface area contributed by atoms with Gasteiger partial charge in [-0.15, -0.1) is 0 Å². The van der Waals surface area contributed by atoms with Crippen molar-refractivity contribution in [2.24, 2.45) is 5.92 Å². The molecule has 1 aliphatic rings. The molecule has 1 N–H and O–H groups in total. The van der Waals surface area contributed by atoms with E-state index >= 15 is 0 Å². The van der Waals surface area contributed by atoms with Crippen molar-refractivity contribution in [2.45, 2.75) is 32.0 Å². The summed E-state index contributed by atoms with van der Waals surface area (Å²) in [5.74, 6) is -0.485. The van der Waals surface area contributed by atoms with Gasteiger partial charge in [-0.25, -0.2) is 0 Å². The van der Waals surface area contributed by atoms with Crippen molar-refractivity contribution >= 4 is 16.7 Å². The first-order valence-corrected chi connectivity index (χ1v) is 5.41. The van der Waals surface area contributed by atoms with Gasteiger partial charge in [-0.1, -0.05) is 0 Å². The fraction of sp³-hybridized carbons (Fsp3) is 0.750. The Kier molecular flexibility index (Phi) is 2.57. The SMILES string of the molecule is CC(Nc1nc(C(F)(F)F)ns1)C1CC1. The summed E-state index contributed by atoms with van der Waals surface area (Å²) < 4.78 is 39.8. The standard InChI is InChI=1S/C8H10F3N3S/c1-4(5-2-3-5)12-7-13-6(14-15-7)8(9,10)11/h4-5H,2-3H2,1H3,(H,12,13,14). The fourth-order valence-electron chi connectivity index (χ4n) is 1.31. The Morgan fingerprint density at radius 3 is 2.60 bits per heavy atom. The maximum atomic E-state index is 12.2. The Morgan fingerprint density at radius 1 is 1.47 bits per heavy atom. The van der Waals surface area contributed by atoms with E-state index in [2.05, 4.69) is 14.7 Å². The third-order valence-corrected chi connectivity index (χ3v) is 3.01. The zero-order valence-electron chi connectivity index (χ0n) is 8.01. The lowest BCUT2D eigenvalue weighted by atomic mass is 10.2. The highest BCUT2D eigenvalue weighted by Crippen LogP contribution is 2.35. The van der Waals surface area contributed by atoms with Crippen molar-refractivity contribution in [3.05, 3.63) is 5.82 Å². The van der Waals surface area contributed by atoms with Gasteiger partial charge in [0.25, 0.3) is 0 Å². The number of rotatable bonds is 3. The lowest BCUT2D eigenvalue weighted by Gasteiger charge is -2.09. The topological polar surface area (TPSA) is 37.8 Å². The monoisotopic (exact) mass is 237 g/mol. The van der Waals surface area contributed by atoms with Gasteiger partial charge in [0.15, 0.2) is 0 Å². The second-order valence-corrected chi connectivity index (χ2v) is 4.44. The predicted octanol–water partition coefficient (Wildman–Crippen LogP) is 2.77. The third-order valence-electron chi connectivity index (χ3n) is 2.36. The molecular weight excluding hydrogens is 227 g/mol. The van der Waals surface area contributed by atoms with Crippen LogP contribution in [-0.2, 0) is 6.18 Å². The Bertz CT molecular complexity index is 345. The van der Waals surface area contributed by atoms with Gasteiger partial charge in [-0.3, -0.25) is 0 Å². The molecule has 1 atom stereocenters. The highest BCUT2D eigenvalue weighted by Gasteiger charge is 2.36. The van der Waals surface area contributed by atoms with Crippen LogP contribution < -0.4 is 5.32 Å². The van der Waals surface area contributed by atoms with E-state index in [-0.39, 0.29) is 11.2 Å². The van der Waals surface area contributed by atoms with Crippen molar-refractivity contribution in [3.63, 3.8) is 0 Å². The van der Waals surface area contributed by atoms with Crippen LogP contribution in [0, 0.1) is 5.92 Å². The van der Waals surface area contributed by atoms with E-state index in [0.29, 0.717) is 5.92 Å². The number of anilines is 1. The van der Waals surface area contributed by atoms with Crippen molar-refractivity contribution in [1.29, 1.82) is 0 Å². The number of aromatic nitrogens is 2. The summed E-state index contributed by atoms with van der Waals surface area (Å²) in [6.07, 6.45) is -2.17. The molecule has 1 aromatic rings. The first kappa shape index (κ1) is 10.7. The summed E-state index contributed by atoms with van der Waals surface area (Å²) in [7, 11) is 0. The lowest BCUT2D eigenvalue weighted by molar-refractivity contribution is -0.144. The number of nitrogens with zero attached hydrogens (tertiary/aromatic N) is 2. The number of hydrogen-bond donors (Lipinski definition) is 1. The maximum absolute atomic E-state index is 12.2. The minimum absolute atomic E-state index is 0.180. The number of halogens is 3. The molecule has 2 rings (SSSR count). The third kappa shape index (κ3) is 2.58. The second-order valence-electron chi connectivity index (χ2n) is 3.69. The Labute approximate surface area is 88.9 Å².